The summed E-state index contributed by atoms with van der Waals surface area (Å²) in [6, 6.07) is 14.8. The monoisotopic (exact) mass is 309 g/mol. The summed E-state index contributed by atoms with van der Waals surface area (Å²) >= 11 is 0. The fraction of sp³-hybridized carbons (Fsp3) is 0.222. The fourth-order valence-corrected chi connectivity index (χ4v) is 2.81. The lowest BCUT2D eigenvalue weighted by atomic mass is 9.70. The van der Waals surface area contributed by atoms with Gasteiger partial charge in [0.15, 0.2) is 0 Å². The number of nitrogens with zero attached hydrogens (tertiary/aromatic N) is 1. The van der Waals surface area contributed by atoms with Gasteiger partial charge in [-0.3, -0.25) is 4.79 Å². The summed E-state index contributed by atoms with van der Waals surface area (Å²) in [5.41, 5.74) is 7.61. The lowest BCUT2D eigenvalue weighted by Crippen LogP contribution is -2.31. The Balaban J connectivity index is 2.66. The number of nitrogen functional groups attached to an aromatic ring is 1. The zero-order valence-electron chi connectivity index (χ0n) is 13.1. The van der Waals surface area contributed by atoms with Gasteiger partial charge in [-0.25, -0.2) is 0 Å². The van der Waals surface area contributed by atoms with Crippen molar-refractivity contribution in [3.63, 3.8) is 0 Å². The van der Waals surface area contributed by atoms with Crippen molar-refractivity contribution < 1.29 is 4.79 Å². The highest BCUT2D eigenvalue weighted by Crippen LogP contribution is 2.42. The van der Waals surface area contributed by atoms with Gasteiger partial charge in [-0.2, -0.15) is 0 Å². The Kier molecular flexibility index (Phi) is 4.69. The van der Waals surface area contributed by atoms with Gasteiger partial charge in [-0.1, -0.05) is 36.4 Å². The Morgan fingerprint density at radius 1 is 1.17 bits per heavy atom. The molecule has 2 aromatic carbocycles. The second kappa shape index (κ2) is 6.52. The average Bonchev–Trinajstić information content (AvgIpc) is 2.56. The van der Waals surface area contributed by atoms with Gasteiger partial charge in [0.05, 0.1) is 5.41 Å². The van der Waals surface area contributed by atoms with Crippen LogP contribution in [0.1, 0.15) is 36.5 Å². The minimum absolute atomic E-state index is 0.367. The van der Waals surface area contributed by atoms with Gasteiger partial charge < -0.3 is 11.1 Å². The molecule has 5 nitrogen and oxygen atoms in total. The van der Waals surface area contributed by atoms with Gasteiger partial charge in [0.25, 0.3) is 5.91 Å². The van der Waals surface area contributed by atoms with Crippen LogP contribution in [0.3, 0.4) is 0 Å². The van der Waals surface area contributed by atoms with Crippen molar-refractivity contribution in [1.82, 2.24) is 0 Å². The first-order valence-corrected chi connectivity index (χ1v) is 7.24. The SMILES string of the molecule is CC(C)(C(=O)N=O)C(c1ccccc1)c1ccc(N)c(C=N)c1. The lowest BCUT2D eigenvalue weighted by molar-refractivity contribution is -0.126. The van der Waals surface area contributed by atoms with Gasteiger partial charge >= 0.3 is 0 Å². The molecule has 0 aromatic heterocycles. The third-order valence-corrected chi connectivity index (χ3v) is 4.09. The molecule has 3 N–H and O–H groups in total. The number of rotatable bonds is 5. The van der Waals surface area contributed by atoms with Gasteiger partial charge in [0.2, 0.25) is 0 Å². The molecule has 2 rings (SSSR count). The summed E-state index contributed by atoms with van der Waals surface area (Å²) < 4.78 is 0. The summed E-state index contributed by atoms with van der Waals surface area (Å²) in [6.45, 7) is 3.41. The van der Waals surface area contributed by atoms with Crippen LogP contribution in [0.5, 0.6) is 0 Å². The van der Waals surface area contributed by atoms with E-state index < -0.39 is 11.3 Å². The first kappa shape index (κ1) is 16.5. The maximum atomic E-state index is 12.1. The van der Waals surface area contributed by atoms with Gasteiger partial charge in [0, 0.05) is 28.6 Å². The highest BCUT2D eigenvalue weighted by molar-refractivity contribution is 5.86. The van der Waals surface area contributed by atoms with E-state index in [4.69, 9.17) is 11.1 Å². The number of nitrogens with one attached hydrogen (secondary N) is 1. The molecule has 118 valence electrons. The van der Waals surface area contributed by atoms with E-state index in [1.807, 2.05) is 36.4 Å². The molecule has 0 aliphatic rings. The number of benzene rings is 2. The first-order chi connectivity index (χ1) is 10.9. The Labute approximate surface area is 135 Å². The van der Waals surface area contributed by atoms with Crippen LogP contribution in [0.15, 0.2) is 53.7 Å². The standard InChI is InChI=1S/C18H19N3O2/c1-18(2,17(22)21-23)16(12-6-4-3-5-7-12)13-8-9-15(20)14(10-13)11-19/h3-11,16,19H,20H2,1-2H3. The van der Waals surface area contributed by atoms with Crippen molar-refractivity contribution in [2.24, 2.45) is 10.6 Å². The lowest BCUT2D eigenvalue weighted by Gasteiger charge is -2.31. The van der Waals surface area contributed by atoms with Crippen molar-refractivity contribution in [3.05, 3.63) is 70.1 Å². The first-order valence-electron chi connectivity index (χ1n) is 7.24. The molecule has 0 radical (unpaired) electrons. The molecule has 0 bridgehead atoms. The van der Waals surface area contributed by atoms with Crippen LogP contribution in [0.25, 0.3) is 0 Å². The van der Waals surface area contributed by atoms with Gasteiger partial charge in [0.1, 0.15) is 0 Å². The van der Waals surface area contributed by atoms with Crippen molar-refractivity contribution in [2.45, 2.75) is 19.8 Å². The topological polar surface area (TPSA) is 96.4 Å². The Morgan fingerprint density at radius 3 is 2.39 bits per heavy atom. The van der Waals surface area contributed by atoms with Crippen molar-refractivity contribution in [3.8, 4) is 0 Å². The molecule has 0 saturated heterocycles. The van der Waals surface area contributed by atoms with E-state index in [1.165, 1.54) is 6.21 Å². The molecule has 0 fully saturated rings. The molecule has 0 spiro atoms. The Bertz CT molecular complexity index is 739. The zero-order chi connectivity index (χ0) is 17.0. The van der Waals surface area contributed by atoms with Gasteiger partial charge in [-0.15, -0.1) is 4.91 Å². The summed E-state index contributed by atoms with van der Waals surface area (Å²) in [4.78, 5) is 22.9. The minimum Gasteiger partial charge on any atom is -0.398 e. The summed E-state index contributed by atoms with van der Waals surface area (Å²) in [7, 11) is 0. The van der Waals surface area contributed by atoms with Crippen molar-refractivity contribution in [2.75, 3.05) is 5.73 Å². The molecule has 0 saturated carbocycles. The second-order valence-electron chi connectivity index (χ2n) is 5.99. The van der Waals surface area contributed by atoms with Crippen LogP contribution < -0.4 is 5.73 Å². The van der Waals surface area contributed by atoms with E-state index in [-0.39, 0.29) is 5.92 Å². The molecule has 0 aliphatic carbocycles. The number of amides is 1. The Morgan fingerprint density at radius 2 is 1.83 bits per heavy atom. The fourth-order valence-electron chi connectivity index (χ4n) is 2.81. The summed E-state index contributed by atoms with van der Waals surface area (Å²) in [5.74, 6) is -1.08. The van der Waals surface area contributed by atoms with Gasteiger partial charge in [-0.05, 0) is 37.1 Å². The van der Waals surface area contributed by atoms with E-state index in [0.29, 0.717) is 11.3 Å². The normalized spacial score (nSPS) is 12.4. The average molecular weight is 309 g/mol. The molecule has 1 unspecified atom stereocenters. The number of hydrogen-bond acceptors (Lipinski definition) is 4. The van der Waals surface area contributed by atoms with Crippen LogP contribution in [0.4, 0.5) is 5.69 Å². The van der Waals surface area contributed by atoms with Crippen LogP contribution in [-0.2, 0) is 4.79 Å². The molecule has 0 heterocycles. The third kappa shape index (κ3) is 3.18. The number of carbonyl (C=O) groups excluding carboxylic acids is 1. The van der Waals surface area contributed by atoms with E-state index in [0.717, 1.165) is 11.1 Å². The van der Waals surface area contributed by atoms with E-state index >= 15 is 0 Å². The second-order valence-corrected chi connectivity index (χ2v) is 5.99. The molecular weight excluding hydrogens is 290 g/mol. The largest absolute Gasteiger partial charge is 0.398 e. The molecule has 23 heavy (non-hydrogen) atoms. The van der Waals surface area contributed by atoms with E-state index in [2.05, 4.69) is 5.18 Å². The molecule has 2 aromatic rings. The molecule has 0 aliphatic heterocycles. The van der Waals surface area contributed by atoms with Crippen LogP contribution in [0.2, 0.25) is 0 Å². The number of anilines is 1. The van der Waals surface area contributed by atoms with E-state index in [9.17, 15) is 9.70 Å². The third-order valence-electron chi connectivity index (χ3n) is 4.09. The minimum atomic E-state index is -1.02. The number of nitroso groups, excluding NO2 is 1. The number of nitrogens with two attached hydrogens (primary N) is 1. The molecule has 1 atom stereocenters. The quantitative estimate of drug-likeness (QED) is 0.500. The van der Waals surface area contributed by atoms with E-state index in [1.54, 1.807) is 26.0 Å². The molecule has 1 amide bonds. The molecular formula is C18H19N3O2. The smallest absolute Gasteiger partial charge is 0.292 e. The number of carbonyl (C=O) groups is 1. The maximum absolute atomic E-state index is 12.1. The highest BCUT2D eigenvalue weighted by Gasteiger charge is 2.39. The van der Waals surface area contributed by atoms with Crippen molar-refractivity contribution in [1.29, 1.82) is 5.41 Å². The molecule has 5 heteroatoms. The summed E-state index contributed by atoms with van der Waals surface area (Å²) in [6.07, 6.45) is 1.17. The maximum Gasteiger partial charge on any atom is 0.292 e. The predicted molar refractivity (Wildman–Crippen MR) is 91.6 cm³/mol. The van der Waals surface area contributed by atoms with Crippen LogP contribution >= 0.6 is 0 Å². The number of hydrogen-bond donors (Lipinski definition) is 2. The van der Waals surface area contributed by atoms with Crippen molar-refractivity contribution >= 4 is 17.8 Å². The van der Waals surface area contributed by atoms with Crippen LogP contribution in [-0.4, -0.2) is 12.1 Å². The Hall–Kier alpha value is -2.82. The highest BCUT2D eigenvalue weighted by atomic mass is 16.3. The summed E-state index contributed by atoms with van der Waals surface area (Å²) in [5, 5.41) is 10.1. The predicted octanol–water partition coefficient (Wildman–Crippen LogP) is 3.72. The zero-order valence-corrected chi connectivity index (χ0v) is 13.1. The van der Waals surface area contributed by atoms with Crippen LogP contribution in [0, 0.1) is 15.7 Å².